The lowest BCUT2D eigenvalue weighted by Crippen LogP contribution is -2.24. The molecular formula is C20H18F2N6. The van der Waals surface area contributed by atoms with Gasteiger partial charge >= 0.3 is 0 Å². The predicted octanol–water partition coefficient (Wildman–Crippen LogP) is 3.84. The van der Waals surface area contributed by atoms with Gasteiger partial charge in [0.1, 0.15) is 23.1 Å². The summed E-state index contributed by atoms with van der Waals surface area (Å²) in [5, 5.41) is 8.68. The summed E-state index contributed by atoms with van der Waals surface area (Å²) in [6, 6.07) is 5.23. The van der Waals surface area contributed by atoms with E-state index in [2.05, 4.69) is 10.2 Å². The van der Waals surface area contributed by atoms with Crippen molar-refractivity contribution in [2.24, 2.45) is 0 Å². The second-order valence-corrected chi connectivity index (χ2v) is 7.06. The first kappa shape index (κ1) is 16.9. The Morgan fingerprint density at radius 2 is 2.00 bits per heavy atom. The minimum atomic E-state index is -0.432. The van der Waals surface area contributed by atoms with Gasteiger partial charge in [-0.25, -0.2) is 23.0 Å². The maximum absolute atomic E-state index is 14.4. The van der Waals surface area contributed by atoms with E-state index < -0.39 is 11.6 Å². The maximum Gasteiger partial charge on any atom is 0.183 e. The highest BCUT2D eigenvalue weighted by Gasteiger charge is 2.30. The van der Waals surface area contributed by atoms with E-state index in [1.165, 1.54) is 12.1 Å². The van der Waals surface area contributed by atoms with Crippen LogP contribution >= 0.6 is 0 Å². The molecule has 1 aliphatic rings. The molecule has 0 aliphatic carbocycles. The summed E-state index contributed by atoms with van der Waals surface area (Å²) in [4.78, 5) is 6.81. The standard InChI is InChI=1S/C20H18F2N6/c1-13-10-23-28(12-13)18-11-24-27-8-6-19(25-20(18)27)26-7-2-3-17(26)15-9-14(21)4-5-16(15)22/h4-6,8-12,17H,2-3,7H2,1H3/t17-/m0/s1. The molecule has 0 saturated carbocycles. The fourth-order valence-corrected chi connectivity index (χ4v) is 3.85. The number of aromatic nitrogens is 5. The van der Waals surface area contributed by atoms with Crippen molar-refractivity contribution in [3.63, 3.8) is 0 Å². The van der Waals surface area contributed by atoms with Gasteiger partial charge in [-0.1, -0.05) is 0 Å². The van der Waals surface area contributed by atoms with Gasteiger partial charge in [-0.2, -0.15) is 10.2 Å². The van der Waals surface area contributed by atoms with E-state index in [0.717, 1.165) is 36.7 Å². The number of anilines is 1. The van der Waals surface area contributed by atoms with E-state index in [-0.39, 0.29) is 6.04 Å². The summed E-state index contributed by atoms with van der Waals surface area (Å²) < 4.78 is 31.5. The van der Waals surface area contributed by atoms with Crippen molar-refractivity contribution in [1.29, 1.82) is 0 Å². The van der Waals surface area contributed by atoms with E-state index in [9.17, 15) is 8.78 Å². The number of nitrogens with zero attached hydrogens (tertiary/aromatic N) is 6. The monoisotopic (exact) mass is 380 g/mol. The number of hydrogen-bond donors (Lipinski definition) is 0. The molecule has 0 N–H and O–H groups in total. The molecule has 1 saturated heterocycles. The first-order valence-electron chi connectivity index (χ1n) is 9.18. The second kappa shape index (κ2) is 6.40. The molecular weight excluding hydrogens is 362 g/mol. The Hall–Kier alpha value is -3.29. The Kier molecular flexibility index (Phi) is 3.85. The van der Waals surface area contributed by atoms with E-state index in [1.807, 2.05) is 30.3 Å². The topological polar surface area (TPSA) is 51.3 Å². The van der Waals surface area contributed by atoms with Crippen molar-refractivity contribution >= 4 is 11.5 Å². The third-order valence-electron chi connectivity index (χ3n) is 5.16. The smallest absolute Gasteiger partial charge is 0.183 e. The zero-order valence-electron chi connectivity index (χ0n) is 15.3. The van der Waals surface area contributed by atoms with Gasteiger partial charge in [0.15, 0.2) is 5.65 Å². The van der Waals surface area contributed by atoms with Crippen molar-refractivity contribution in [2.75, 3.05) is 11.4 Å². The first-order chi connectivity index (χ1) is 13.6. The molecule has 0 amide bonds. The average molecular weight is 380 g/mol. The molecule has 142 valence electrons. The van der Waals surface area contributed by atoms with Crippen molar-refractivity contribution in [1.82, 2.24) is 24.4 Å². The quantitative estimate of drug-likeness (QED) is 0.542. The van der Waals surface area contributed by atoms with Crippen molar-refractivity contribution in [2.45, 2.75) is 25.8 Å². The normalized spacial score (nSPS) is 17.0. The summed E-state index contributed by atoms with van der Waals surface area (Å²) in [7, 11) is 0. The highest BCUT2D eigenvalue weighted by molar-refractivity contribution is 5.61. The van der Waals surface area contributed by atoms with Crippen LogP contribution in [0.2, 0.25) is 0 Å². The molecule has 5 rings (SSSR count). The van der Waals surface area contributed by atoms with Gasteiger partial charge in [0, 0.05) is 24.5 Å². The summed E-state index contributed by atoms with van der Waals surface area (Å²) in [6.07, 6.45) is 8.86. The number of benzene rings is 1. The minimum absolute atomic E-state index is 0.246. The van der Waals surface area contributed by atoms with Gasteiger partial charge < -0.3 is 4.90 Å². The van der Waals surface area contributed by atoms with Crippen LogP contribution in [0, 0.1) is 18.6 Å². The van der Waals surface area contributed by atoms with Crippen LogP contribution in [0.15, 0.2) is 49.1 Å². The molecule has 3 aromatic heterocycles. The van der Waals surface area contributed by atoms with Crippen LogP contribution in [0.3, 0.4) is 0 Å². The van der Waals surface area contributed by atoms with Gasteiger partial charge in [0.2, 0.25) is 0 Å². The Bertz CT molecular complexity index is 1160. The van der Waals surface area contributed by atoms with E-state index >= 15 is 0 Å². The lowest BCUT2D eigenvalue weighted by molar-refractivity contribution is 0.560. The van der Waals surface area contributed by atoms with Gasteiger partial charge in [-0.15, -0.1) is 0 Å². The molecule has 4 heterocycles. The van der Waals surface area contributed by atoms with E-state index in [0.29, 0.717) is 17.0 Å². The highest BCUT2D eigenvalue weighted by Crippen LogP contribution is 2.37. The SMILES string of the molecule is Cc1cnn(-c2cnn3ccc(N4CCC[C@H]4c4cc(F)ccc4F)nc23)c1. The zero-order valence-corrected chi connectivity index (χ0v) is 15.3. The lowest BCUT2D eigenvalue weighted by Gasteiger charge is -2.26. The predicted molar refractivity (Wildman–Crippen MR) is 101 cm³/mol. The summed E-state index contributed by atoms with van der Waals surface area (Å²) in [6.45, 7) is 2.70. The third kappa shape index (κ3) is 2.72. The molecule has 1 atom stereocenters. The van der Waals surface area contributed by atoms with Crippen LogP contribution in [-0.2, 0) is 0 Å². The summed E-state index contributed by atoms with van der Waals surface area (Å²) in [5.41, 5.74) is 2.83. The van der Waals surface area contributed by atoms with Gasteiger partial charge in [0.25, 0.3) is 0 Å². The molecule has 28 heavy (non-hydrogen) atoms. The molecule has 0 spiro atoms. The van der Waals surface area contributed by atoms with E-state index in [1.54, 1.807) is 21.6 Å². The number of fused-ring (bicyclic) bond motifs is 1. The molecule has 1 aliphatic heterocycles. The Morgan fingerprint density at radius 3 is 2.82 bits per heavy atom. The fraction of sp³-hybridized carbons (Fsp3) is 0.250. The van der Waals surface area contributed by atoms with Crippen molar-refractivity contribution in [3.8, 4) is 5.69 Å². The van der Waals surface area contributed by atoms with E-state index in [4.69, 9.17) is 4.98 Å². The number of rotatable bonds is 3. The third-order valence-corrected chi connectivity index (χ3v) is 5.16. The first-order valence-corrected chi connectivity index (χ1v) is 9.18. The molecule has 1 aromatic carbocycles. The molecule has 8 heteroatoms. The van der Waals surface area contributed by atoms with Crippen molar-refractivity contribution in [3.05, 3.63) is 71.8 Å². The molecule has 4 aromatic rings. The summed E-state index contributed by atoms with van der Waals surface area (Å²) in [5.74, 6) is -0.112. The lowest BCUT2D eigenvalue weighted by atomic mass is 10.0. The van der Waals surface area contributed by atoms with Crippen LogP contribution in [0.4, 0.5) is 14.6 Å². The minimum Gasteiger partial charge on any atom is -0.349 e. The largest absolute Gasteiger partial charge is 0.349 e. The summed E-state index contributed by atoms with van der Waals surface area (Å²) >= 11 is 0. The van der Waals surface area contributed by atoms with Gasteiger partial charge in [-0.3, -0.25) is 0 Å². The Labute approximate surface area is 160 Å². The van der Waals surface area contributed by atoms with Crippen LogP contribution < -0.4 is 4.90 Å². The van der Waals surface area contributed by atoms with Crippen LogP contribution in [-0.4, -0.2) is 30.9 Å². The van der Waals surface area contributed by atoms with Gasteiger partial charge in [-0.05, 0) is 49.6 Å². The van der Waals surface area contributed by atoms with Crippen LogP contribution in [0.5, 0.6) is 0 Å². The molecule has 0 bridgehead atoms. The highest BCUT2D eigenvalue weighted by atomic mass is 19.1. The fourth-order valence-electron chi connectivity index (χ4n) is 3.85. The molecule has 0 unspecified atom stereocenters. The number of aryl methyl sites for hydroxylation is 1. The maximum atomic E-state index is 14.4. The average Bonchev–Trinajstić information content (AvgIpc) is 3.42. The molecule has 0 radical (unpaired) electrons. The van der Waals surface area contributed by atoms with Crippen LogP contribution in [0.1, 0.15) is 30.0 Å². The zero-order chi connectivity index (χ0) is 19.3. The van der Waals surface area contributed by atoms with Crippen LogP contribution in [0.25, 0.3) is 11.3 Å². The second-order valence-electron chi connectivity index (χ2n) is 7.06. The molecule has 6 nitrogen and oxygen atoms in total. The number of hydrogen-bond acceptors (Lipinski definition) is 4. The number of halogens is 2. The Morgan fingerprint density at radius 1 is 1.11 bits per heavy atom. The Balaban J connectivity index is 1.57. The van der Waals surface area contributed by atoms with Gasteiger partial charge in [0.05, 0.1) is 18.4 Å². The van der Waals surface area contributed by atoms with Crippen molar-refractivity contribution < 1.29 is 8.78 Å². The molecule has 1 fully saturated rings.